The van der Waals surface area contributed by atoms with E-state index < -0.39 is 11.9 Å². The van der Waals surface area contributed by atoms with Crippen molar-refractivity contribution in [1.82, 2.24) is 0 Å². The molecule has 5 nitrogen and oxygen atoms in total. The molecule has 0 unspecified atom stereocenters. The summed E-state index contributed by atoms with van der Waals surface area (Å²) in [6.45, 7) is 1.28. The van der Waals surface area contributed by atoms with Gasteiger partial charge in [0.2, 0.25) is 0 Å². The molecule has 0 saturated heterocycles. The van der Waals surface area contributed by atoms with Crippen LogP contribution in [0.5, 0.6) is 5.75 Å². The number of carbonyl (C=O) groups excluding carboxylic acids is 2. The Morgan fingerprint density at radius 1 is 1.21 bits per heavy atom. The lowest BCUT2D eigenvalue weighted by Crippen LogP contribution is -2.13. The Kier molecular flexibility index (Phi) is 5.88. The second kappa shape index (κ2) is 8.09. The third-order valence-electron chi connectivity index (χ3n) is 2.92. The average Bonchev–Trinajstić information content (AvgIpc) is 2.55. The van der Waals surface area contributed by atoms with Crippen LogP contribution in [0.1, 0.15) is 12.5 Å². The van der Waals surface area contributed by atoms with Gasteiger partial charge in [0.1, 0.15) is 17.4 Å². The first-order chi connectivity index (χ1) is 11.5. The Morgan fingerprint density at radius 2 is 1.92 bits per heavy atom. The van der Waals surface area contributed by atoms with Crippen LogP contribution in [-0.4, -0.2) is 11.9 Å². The summed E-state index contributed by atoms with van der Waals surface area (Å²) >= 11 is 3.31. The lowest BCUT2D eigenvalue weighted by molar-refractivity contribution is -0.131. The van der Waals surface area contributed by atoms with Gasteiger partial charge in [0.15, 0.2) is 0 Å². The quantitative estimate of drug-likeness (QED) is 0.375. The molecule has 0 radical (unpaired) electrons. The summed E-state index contributed by atoms with van der Waals surface area (Å²) < 4.78 is 5.83. The molecule has 2 aromatic carbocycles. The Bertz CT molecular complexity index is 839. The molecule has 0 aliphatic carbocycles. The number of ether oxygens (including phenoxy) is 1. The Hall–Kier alpha value is -2.91. The molecule has 0 aliphatic rings. The monoisotopic (exact) mass is 384 g/mol. The van der Waals surface area contributed by atoms with E-state index in [4.69, 9.17) is 4.74 Å². The van der Waals surface area contributed by atoms with Crippen LogP contribution < -0.4 is 10.1 Å². The smallest absolute Gasteiger partial charge is 0.308 e. The highest BCUT2D eigenvalue weighted by Gasteiger charge is 2.12. The van der Waals surface area contributed by atoms with Crippen molar-refractivity contribution < 1.29 is 14.3 Å². The molecular formula is C18H13BrN2O3. The van der Waals surface area contributed by atoms with E-state index >= 15 is 0 Å². The highest BCUT2D eigenvalue weighted by atomic mass is 79.9. The van der Waals surface area contributed by atoms with Gasteiger partial charge in [0.25, 0.3) is 5.91 Å². The number of para-hydroxylation sites is 1. The third kappa shape index (κ3) is 4.80. The number of hydrogen-bond acceptors (Lipinski definition) is 4. The zero-order valence-corrected chi connectivity index (χ0v) is 14.3. The molecular weight excluding hydrogens is 372 g/mol. The van der Waals surface area contributed by atoms with Crippen LogP contribution in [0, 0.1) is 11.3 Å². The van der Waals surface area contributed by atoms with E-state index in [-0.39, 0.29) is 11.3 Å². The lowest BCUT2D eigenvalue weighted by atomic mass is 10.1. The van der Waals surface area contributed by atoms with Gasteiger partial charge in [-0.1, -0.05) is 34.1 Å². The first-order valence-electron chi connectivity index (χ1n) is 6.96. The first-order valence-corrected chi connectivity index (χ1v) is 7.75. The van der Waals surface area contributed by atoms with Gasteiger partial charge < -0.3 is 10.1 Å². The van der Waals surface area contributed by atoms with Crippen LogP contribution in [-0.2, 0) is 9.59 Å². The fourth-order valence-corrected chi connectivity index (χ4v) is 2.28. The second-order valence-corrected chi connectivity index (χ2v) is 5.68. The zero-order chi connectivity index (χ0) is 17.5. The number of halogens is 1. The number of anilines is 1. The Morgan fingerprint density at radius 3 is 2.54 bits per heavy atom. The van der Waals surface area contributed by atoms with Crippen LogP contribution >= 0.6 is 15.9 Å². The van der Waals surface area contributed by atoms with Crippen molar-refractivity contribution in [3.8, 4) is 11.8 Å². The highest BCUT2D eigenvalue weighted by Crippen LogP contribution is 2.26. The van der Waals surface area contributed by atoms with Crippen molar-refractivity contribution >= 4 is 39.6 Å². The summed E-state index contributed by atoms with van der Waals surface area (Å²) in [6, 6.07) is 15.6. The van der Waals surface area contributed by atoms with Crippen LogP contribution in [0.15, 0.2) is 58.6 Å². The van der Waals surface area contributed by atoms with E-state index in [9.17, 15) is 14.9 Å². The predicted molar refractivity (Wildman–Crippen MR) is 94.1 cm³/mol. The topological polar surface area (TPSA) is 79.2 Å². The standard InChI is InChI=1S/C18H13BrN2O3/c1-12(22)24-17-8-7-15(19)10-13(17)9-14(11-20)18(23)21-16-5-3-2-4-6-16/h2-10H,1H3,(H,21,23)/b14-9+. The number of benzene rings is 2. The van der Waals surface area contributed by atoms with E-state index in [1.54, 1.807) is 42.5 Å². The van der Waals surface area contributed by atoms with Gasteiger partial charge in [0.05, 0.1) is 0 Å². The predicted octanol–water partition coefficient (Wildman–Crippen LogP) is 3.92. The summed E-state index contributed by atoms with van der Waals surface area (Å²) in [5, 5.41) is 11.9. The minimum absolute atomic E-state index is 0.106. The number of esters is 1. The largest absolute Gasteiger partial charge is 0.426 e. The maximum atomic E-state index is 12.2. The summed E-state index contributed by atoms with van der Waals surface area (Å²) in [4.78, 5) is 23.4. The second-order valence-electron chi connectivity index (χ2n) is 4.77. The SMILES string of the molecule is CC(=O)Oc1ccc(Br)cc1/C=C(\C#N)C(=O)Nc1ccccc1. The number of nitriles is 1. The zero-order valence-electron chi connectivity index (χ0n) is 12.7. The highest BCUT2D eigenvalue weighted by molar-refractivity contribution is 9.10. The van der Waals surface area contributed by atoms with Crippen molar-refractivity contribution in [2.75, 3.05) is 5.32 Å². The minimum atomic E-state index is -0.544. The Balaban J connectivity index is 2.33. The summed E-state index contributed by atoms with van der Waals surface area (Å²) in [7, 11) is 0. The molecule has 0 heterocycles. The van der Waals surface area contributed by atoms with Gasteiger partial charge in [-0.3, -0.25) is 9.59 Å². The molecule has 0 aliphatic heterocycles. The van der Waals surface area contributed by atoms with Gasteiger partial charge in [-0.2, -0.15) is 5.26 Å². The van der Waals surface area contributed by atoms with E-state index in [0.717, 1.165) is 4.47 Å². The number of carbonyl (C=O) groups is 2. The average molecular weight is 385 g/mol. The number of hydrogen-bond donors (Lipinski definition) is 1. The summed E-state index contributed by atoms with van der Waals surface area (Å²) in [5.74, 6) is -0.761. The van der Waals surface area contributed by atoms with Crippen molar-refractivity contribution in [3.05, 3.63) is 64.1 Å². The number of rotatable bonds is 4. The van der Waals surface area contributed by atoms with Crippen LogP contribution in [0.3, 0.4) is 0 Å². The summed E-state index contributed by atoms with van der Waals surface area (Å²) in [6.07, 6.45) is 1.38. The molecule has 0 bridgehead atoms. The van der Waals surface area contributed by atoms with Crippen molar-refractivity contribution in [2.24, 2.45) is 0 Å². The molecule has 2 rings (SSSR count). The van der Waals surface area contributed by atoms with Crippen LogP contribution in [0.2, 0.25) is 0 Å². The number of amides is 1. The van der Waals surface area contributed by atoms with Crippen molar-refractivity contribution in [3.63, 3.8) is 0 Å². The fraction of sp³-hybridized carbons (Fsp3) is 0.0556. The van der Waals surface area contributed by atoms with Gasteiger partial charge >= 0.3 is 5.97 Å². The van der Waals surface area contributed by atoms with E-state index in [2.05, 4.69) is 21.2 Å². The molecule has 24 heavy (non-hydrogen) atoms. The molecule has 0 aromatic heterocycles. The number of nitrogens with zero attached hydrogens (tertiary/aromatic N) is 1. The van der Waals surface area contributed by atoms with Gasteiger partial charge in [-0.25, -0.2) is 0 Å². The molecule has 1 N–H and O–H groups in total. The molecule has 0 saturated carbocycles. The van der Waals surface area contributed by atoms with Gasteiger partial charge in [0, 0.05) is 22.6 Å². The first kappa shape index (κ1) is 17.4. The molecule has 0 fully saturated rings. The van der Waals surface area contributed by atoms with Crippen molar-refractivity contribution in [2.45, 2.75) is 6.92 Å². The van der Waals surface area contributed by atoms with Crippen LogP contribution in [0.25, 0.3) is 6.08 Å². The number of nitrogens with one attached hydrogen (secondary N) is 1. The van der Waals surface area contributed by atoms with E-state index in [0.29, 0.717) is 11.3 Å². The molecule has 2 aromatic rings. The fourth-order valence-electron chi connectivity index (χ4n) is 1.90. The maximum Gasteiger partial charge on any atom is 0.308 e. The summed E-state index contributed by atoms with van der Waals surface area (Å²) in [5.41, 5.74) is 0.919. The normalized spacial score (nSPS) is 10.6. The third-order valence-corrected chi connectivity index (χ3v) is 3.42. The van der Waals surface area contributed by atoms with E-state index in [1.165, 1.54) is 13.0 Å². The molecule has 120 valence electrons. The molecule has 1 amide bonds. The van der Waals surface area contributed by atoms with Crippen molar-refractivity contribution in [1.29, 1.82) is 5.26 Å². The van der Waals surface area contributed by atoms with E-state index in [1.807, 2.05) is 12.1 Å². The maximum absolute atomic E-state index is 12.2. The molecule has 0 atom stereocenters. The molecule has 0 spiro atoms. The molecule has 6 heteroatoms. The van der Waals surface area contributed by atoms with Gasteiger partial charge in [-0.05, 0) is 36.4 Å². The van der Waals surface area contributed by atoms with Crippen LogP contribution in [0.4, 0.5) is 5.69 Å². The minimum Gasteiger partial charge on any atom is -0.426 e. The lowest BCUT2D eigenvalue weighted by Gasteiger charge is -2.08. The van der Waals surface area contributed by atoms with Gasteiger partial charge in [-0.15, -0.1) is 0 Å². The Labute approximate surface area is 147 Å².